The van der Waals surface area contributed by atoms with Crippen LogP contribution in [-0.2, 0) is 4.74 Å². The van der Waals surface area contributed by atoms with Gasteiger partial charge in [0.25, 0.3) is 0 Å². The zero-order chi connectivity index (χ0) is 24.8. The highest BCUT2D eigenvalue weighted by Crippen LogP contribution is 2.38. The SMILES string of the molecule is CCOc1ccc(C(=O)c2c(OCC)cc(OC)cc2O[C@@H]2O[C@H](CO)[C@@H](O)[C@H](O)[C@H]2O)cc1. The molecular formula is C24H30O10. The van der Waals surface area contributed by atoms with E-state index in [-0.39, 0.29) is 23.7 Å². The van der Waals surface area contributed by atoms with Crippen LogP contribution in [0.4, 0.5) is 0 Å². The molecule has 0 spiro atoms. The Morgan fingerprint density at radius 3 is 2.15 bits per heavy atom. The number of hydrogen-bond acceptors (Lipinski definition) is 10. The standard InChI is InChI=1S/C24H30O10/c1-4-31-14-8-6-13(7-9-14)20(26)19-16(32-5-2)10-15(30-3)11-17(19)33-24-23(29)22(28)21(27)18(12-25)34-24/h6-11,18,21-25,27-29H,4-5,12H2,1-3H3/t18-,21-,22+,23-,24-/m1/s1. The van der Waals surface area contributed by atoms with Crippen LogP contribution in [0.1, 0.15) is 29.8 Å². The van der Waals surface area contributed by atoms with E-state index in [1.54, 1.807) is 31.2 Å². The van der Waals surface area contributed by atoms with E-state index in [9.17, 15) is 25.2 Å². The fourth-order valence-electron chi connectivity index (χ4n) is 3.57. The number of ether oxygens (including phenoxy) is 5. The largest absolute Gasteiger partial charge is 0.496 e. The van der Waals surface area contributed by atoms with Gasteiger partial charge in [-0.15, -0.1) is 0 Å². The average Bonchev–Trinajstić information content (AvgIpc) is 2.84. The molecule has 0 amide bonds. The first-order valence-electron chi connectivity index (χ1n) is 10.9. The first-order chi connectivity index (χ1) is 16.3. The molecule has 3 rings (SSSR count). The molecule has 10 heteroatoms. The van der Waals surface area contributed by atoms with Crippen molar-refractivity contribution in [1.82, 2.24) is 0 Å². The van der Waals surface area contributed by atoms with Crippen LogP contribution in [0.15, 0.2) is 36.4 Å². The predicted octanol–water partition coefficient (Wildman–Crippen LogP) is 0.902. The van der Waals surface area contributed by atoms with E-state index in [4.69, 9.17) is 23.7 Å². The molecule has 0 aliphatic carbocycles. The van der Waals surface area contributed by atoms with Crippen LogP contribution in [0.3, 0.4) is 0 Å². The number of rotatable bonds is 10. The molecule has 0 radical (unpaired) electrons. The van der Waals surface area contributed by atoms with Gasteiger partial charge in [0.2, 0.25) is 12.1 Å². The summed E-state index contributed by atoms with van der Waals surface area (Å²) in [7, 11) is 1.43. The summed E-state index contributed by atoms with van der Waals surface area (Å²) in [6, 6.07) is 9.49. The highest BCUT2D eigenvalue weighted by Gasteiger charge is 2.45. The maximum Gasteiger partial charge on any atom is 0.229 e. The molecule has 1 fully saturated rings. The molecule has 0 bridgehead atoms. The Kier molecular flexibility index (Phi) is 8.70. The number of carbonyl (C=O) groups is 1. The lowest BCUT2D eigenvalue weighted by Crippen LogP contribution is -2.60. The smallest absolute Gasteiger partial charge is 0.229 e. The summed E-state index contributed by atoms with van der Waals surface area (Å²) in [6.45, 7) is 3.72. The summed E-state index contributed by atoms with van der Waals surface area (Å²) in [6.07, 6.45) is -7.52. The molecule has 0 unspecified atom stereocenters. The molecule has 10 nitrogen and oxygen atoms in total. The molecule has 1 saturated heterocycles. The van der Waals surface area contributed by atoms with Crippen molar-refractivity contribution < 1.29 is 48.9 Å². The average molecular weight is 478 g/mol. The van der Waals surface area contributed by atoms with Gasteiger partial charge in [-0.25, -0.2) is 0 Å². The van der Waals surface area contributed by atoms with Gasteiger partial charge < -0.3 is 44.1 Å². The van der Waals surface area contributed by atoms with Gasteiger partial charge in [0.1, 0.15) is 53.0 Å². The third-order valence-corrected chi connectivity index (χ3v) is 5.32. The summed E-state index contributed by atoms with van der Waals surface area (Å²) in [5.41, 5.74) is 0.372. The van der Waals surface area contributed by atoms with Crippen molar-refractivity contribution in [3.05, 3.63) is 47.5 Å². The van der Waals surface area contributed by atoms with E-state index in [2.05, 4.69) is 0 Å². The van der Waals surface area contributed by atoms with Crippen LogP contribution in [0.2, 0.25) is 0 Å². The third-order valence-electron chi connectivity index (χ3n) is 5.32. The minimum atomic E-state index is -1.66. The number of benzene rings is 2. The maximum atomic E-state index is 13.5. The quantitative estimate of drug-likeness (QED) is 0.364. The van der Waals surface area contributed by atoms with Crippen LogP contribution < -0.4 is 18.9 Å². The molecule has 5 atom stereocenters. The van der Waals surface area contributed by atoms with E-state index in [1.807, 2.05) is 6.92 Å². The van der Waals surface area contributed by atoms with Crippen LogP contribution in [0.5, 0.6) is 23.0 Å². The highest BCUT2D eigenvalue weighted by molar-refractivity contribution is 6.12. The number of ketones is 1. The Bertz CT molecular complexity index is 959. The second kappa shape index (κ2) is 11.5. The maximum absolute atomic E-state index is 13.5. The van der Waals surface area contributed by atoms with Crippen molar-refractivity contribution in [1.29, 1.82) is 0 Å². The first-order valence-corrected chi connectivity index (χ1v) is 10.9. The van der Waals surface area contributed by atoms with Gasteiger partial charge in [-0.1, -0.05) is 0 Å². The van der Waals surface area contributed by atoms with Crippen molar-refractivity contribution in [3.8, 4) is 23.0 Å². The Hall–Kier alpha value is -2.89. The minimum Gasteiger partial charge on any atom is -0.496 e. The van der Waals surface area contributed by atoms with Gasteiger partial charge in [-0.05, 0) is 38.1 Å². The topological polar surface area (TPSA) is 144 Å². The molecule has 0 saturated carbocycles. The molecule has 1 aliphatic rings. The monoisotopic (exact) mass is 478 g/mol. The summed E-state index contributed by atoms with van der Waals surface area (Å²) in [5.74, 6) is 0.628. The van der Waals surface area contributed by atoms with Crippen molar-refractivity contribution in [2.24, 2.45) is 0 Å². The normalized spacial score (nSPS) is 24.4. The van der Waals surface area contributed by atoms with Gasteiger partial charge in [-0.2, -0.15) is 0 Å². The van der Waals surface area contributed by atoms with Crippen LogP contribution >= 0.6 is 0 Å². The Morgan fingerprint density at radius 2 is 1.56 bits per heavy atom. The van der Waals surface area contributed by atoms with E-state index in [0.29, 0.717) is 23.7 Å². The van der Waals surface area contributed by atoms with Crippen molar-refractivity contribution in [3.63, 3.8) is 0 Å². The molecule has 186 valence electrons. The Morgan fingerprint density at radius 1 is 0.912 bits per heavy atom. The Balaban J connectivity index is 2.03. The fraction of sp³-hybridized carbons (Fsp3) is 0.458. The molecule has 34 heavy (non-hydrogen) atoms. The van der Waals surface area contributed by atoms with Gasteiger partial charge in [0, 0.05) is 17.7 Å². The zero-order valence-electron chi connectivity index (χ0n) is 19.2. The third kappa shape index (κ3) is 5.43. The molecular weight excluding hydrogens is 448 g/mol. The minimum absolute atomic E-state index is 0.0361. The summed E-state index contributed by atoms with van der Waals surface area (Å²) < 4.78 is 27.7. The molecule has 1 aliphatic heterocycles. The van der Waals surface area contributed by atoms with Gasteiger partial charge >= 0.3 is 0 Å². The molecule has 1 heterocycles. The van der Waals surface area contributed by atoms with E-state index in [0.717, 1.165) is 0 Å². The Labute approximate surface area is 197 Å². The van der Waals surface area contributed by atoms with Gasteiger partial charge in [-0.3, -0.25) is 4.79 Å². The highest BCUT2D eigenvalue weighted by atomic mass is 16.7. The molecule has 4 N–H and O–H groups in total. The van der Waals surface area contributed by atoms with Crippen molar-refractivity contribution >= 4 is 5.78 Å². The number of aliphatic hydroxyl groups is 4. The van der Waals surface area contributed by atoms with Crippen LogP contribution in [0, 0.1) is 0 Å². The van der Waals surface area contributed by atoms with Crippen LogP contribution in [-0.4, -0.2) is 83.8 Å². The van der Waals surface area contributed by atoms with Crippen molar-refractivity contribution in [2.75, 3.05) is 26.9 Å². The zero-order valence-corrected chi connectivity index (χ0v) is 19.2. The lowest BCUT2D eigenvalue weighted by molar-refractivity contribution is -0.277. The lowest BCUT2D eigenvalue weighted by atomic mass is 9.98. The summed E-state index contributed by atoms with van der Waals surface area (Å²) in [4.78, 5) is 13.5. The van der Waals surface area contributed by atoms with E-state index < -0.39 is 43.1 Å². The van der Waals surface area contributed by atoms with Crippen LogP contribution in [0.25, 0.3) is 0 Å². The molecule has 2 aromatic carbocycles. The molecule has 2 aromatic rings. The number of aliphatic hydroxyl groups excluding tert-OH is 4. The van der Waals surface area contributed by atoms with Gasteiger partial charge in [0.05, 0.1) is 26.9 Å². The number of carbonyl (C=O) groups excluding carboxylic acids is 1. The van der Waals surface area contributed by atoms with E-state index >= 15 is 0 Å². The van der Waals surface area contributed by atoms with Gasteiger partial charge in [0.15, 0.2) is 0 Å². The van der Waals surface area contributed by atoms with E-state index in [1.165, 1.54) is 19.2 Å². The second-order valence-electron chi connectivity index (χ2n) is 7.53. The fourth-order valence-corrected chi connectivity index (χ4v) is 3.57. The van der Waals surface area contributed by atoms with Crippen molar-refractivity contribution in [2.45, 2.75) is 44.6 Å². The number of methoxy groups -OCH3 is 1. The summed E-state index contributed by atoms with van der Waals surface area (Å²) >= 11 is 0. The second-order valence-corrected chi connectivity index (χ2v) is 7.53. The molecule has 0 aromatic heterocycles. The summed E-state index contributed by atoms with van der Waals surface area (Å²) in [5, 5.41) is 40.0. The first kappa shape index (κ1) is 25.7. The number of hydrogen-bond donors (Lipinski definition) is 4. The lowest BCUT2D eigenvalue weighted by Gasteiger charge is -2.39. The predicted molar refractivity (Wildman–Crippen MR) is 120 cm³/mol.